The molecule has 5 aromatic rings. The Bertz CT molecular complexity index is 1450. The minimum absolute atomic E-state index is 0.113. The minimum atomic E-state index is -0.796. The predicted octanol–water partition coefficient (Wildman–Crippen LogP) is 6.24. The van der Waals surface area contributed by atoms with Crippen LogP contribution in [0.3, 0.4) is 0 Å². The lowest BCUT2D eigenvalue weighted by Crippen LogP contribution is -2.33. The fraction of sp³-hybridized carbons (Fsp3) is 0.268. The van der Waals surface area contributed by atoms with Crippen molar-refractivity contribution in [1.29, 1.82) is 0 Å². The van der Waals surface area contributed by atoms with Crippen LogP contribution in [-0.2, 0) is 13.1 Å². The lowest BCUT2D eigenvalue weighted by molar-refractivity contribution is 0.0631. The Hall–Kier alpha value is -4.34. The predicted molar refractivity (Wildman–Crippen MR) is 189 cm³/mol. The van der Waals surface area contributed by atoms with E-state index >= 15 is 0 Å². The molecule has 5 aromatic carbocycles. The second-order valence-corrected chi connectivity index (χ2v) is 12.5. The second kappa shape index (κ2) is 17.2. The maximum absolute atomic E-state index is 11.7. The highest BCUT2D eigenvalue weighted by molar-refractivity contribution is 5.43. The summed E-state index contributed by atoms with van der Waals surface area (Å²) < 4.78 is 0. The number of hydrogen-bond acceptors (Lipinski definition) is 7. The summed E-state index contributed by atoms with van der Waals surface area (Å²) in [7, 11) is 0. The zero-order chi connectivity index (χ0) is 33.9. The largest absolute Gasteiger partial charge is 0.507 e. The molecule has 7 heteroatoms. The van der Waals surface area contributed by atoms with Crippen molar-refractivity contribution in [3.8, 4) is 5.75 Å². The number of rotatable bonds is 16. The van der Waals surface area contributed by atoms with E-state index in [4.69, 9.17) is 0 Å². The van der Waals surface area contributed by atoms with E-state index in [2.05, 4.69) is 0 Å². The van der Waals surface area contributed by atoms with Crippen molar-refractivity contribution in [1.82, 2.24) is 9.80 Å². The van der Waals surface area contributed by atoms with Crippen LogP contribution in [-0.4, -0.2) is 61.5 Å². The van der Waals surface area contributed by atoms with Crippen molar-refractivity contribution in [2.24, 2.45) is 0 Å². The molecule has 0 saturated heterocycles. The van der Waals surface area contributed by atoms with E-state index in [1.165, 1.54) is 0 Å². The first kappa shape index (κ1) is 35.0. The first-order chi connectivity index (χ1) is 23.3. The molecule has 0 saturated carbocycles. The van der Waals surface area contributed by atoms with Crippen LogP contribution >= 0.6 is 0 Å². The van der Waals surface area contributed by atoms with E-state index in [0.717, 1.165) is 27.8 Å². The van der Waals surface area contributed by atoms with Crippen LogP contribution in [0.15, 0.2) is 133 Å². The van der Waals surface area contributed by atoms with Crippen molar-refractivity contribution >= 4 is 0 Å². The van der Waals surface area contributed by atoms with Crippen molar-refractivity contribution < 1.29 is 25.5 Å². The van der Waals surface area contributed by atoms with Gasteiger partial charge in [-0.05, 0) is 29.2 Å². The van der Waals surface area contributed by atoms with Gasteiger partial charge in [0, 0.05) is 50.4 Å². The van der Waals surface area contributed by atoms with Crippen LogP contribution < -0.4 is 0 Å². The Morgan fingerprint density at radius 3 is 0.938 bits per heavy atom. The summed E-state index contributed by atoms with van der Waals surface area (Å²) in [4.78, 5) is 3.92. The van der Waals surface area contributed by atoms with Crippen LogP contribution in [0, 0.1) is 6.92 Å². The van der Waals surface area contributed by atoms with E-state index in [1.54, 1.807) is 0 Å². The van der Waals surface area contributed by atoms with Crippen LogP contribution in [0.25, 0.3) is 0 Å². The zero-order valence-electron chi connectivity index (χ0n) is 27.4. The topological polar surface area (TPSA) is 108 Å². The van der Waals surface area contributed by atoms with Gasteiger partial charge in [0.1, 0.15) is 5.75 Å². The number of phenolic OH excluding ortho intramolecular Hbond substituents is 1. The van der Waals surface area contributed by atoms with Gasteiger partial charge in [-0.2, -0.15) is 0 Å². The normalized spacial score (nSPS) is 14.1. The number of phenols is 1. The fourth-order valence-electron chi connectivity index (χ4n) is 6.17. The first-order valence-corrected chi connectivity index (χ1v) is 16.4. The van der Waals surface area contributed by atoms with Crippen LogP contribution in [0.2, 0.25) is 0 Å². The number of nitrogens with zero attached hydrogens (tertiary/aromatic N) is 2. The van der Waals surface area contributed by atoms with E-state index in [9.17, 15) is 25.5 Å². The lowest BCUT2D eigenvalue weighted by Gasteiger charge is -2.30. The maximum Gasteiger partial charge on any atom is 0.124 e. The summed E-state index contributed by atoms with van der Waals surface area (Å²) in [5.74, 6) is 0.113. The number of aliphatic hydroxyl groups is 4. The maximum atomic E-state index is 11.7. The smallest absolute Gasteiger partial charge is 0.124 e. The summed E-state index contributed by atoms with van der Waals surface area (Å²) in [6, 6.07) is 41.6. The molecule has 0 aliphatic carbocycles. The van der Waals surface area contributed by atoms with Gasteiger partial charge in [0.25, 0.3) is 0 Å². The molecule has 0 fully saturated rings. The molecule has 0 aromatic heterocycles. The van der Waals surface area contributed by atoms with E-state index in [1.807, 2.05) is 150 Å². The van der Waals surface area contributed by atoms with Crippen LogP contribution in [0.1, 0.15) is 63.4 Å². The molecule has 7 nitrogen and oxygen atoms in total. The summed E-state index contributed by atoms with van der Waals surface area (Å²) in [5, 5.41) is 56.4. The molecule has 5 N–H and O–H groups in total. The highest BCUT2D eigenvalue weighted by Crippen LogP contribution is 2.30. The van der Waals surface area contributed by atoms with Crippen LogP contribution in [0.5, 0.6) is 5.75 Å². The quantitative estimate of drug-likeness (QED) is 0.0864. The molecule has 0 aliphatic rings. The highest BCUT2D eigenvalue weighted by atomic mass is 16.3. The molecule has 0 amide bonds. The number of aryl methyl sites for hydroxylation is 1. The average Bonchev–Trinajstić information content (AvgIpc) is 3.11. The number of benzene rings is 5. The molecule has 0 bridgehead atoms. The van der Waals surface area contributed by atoms with Gasteiger partial charge in [0.15, 0.2) is 0 Å². The highest BCUT2D eigenvalue weighted by Gasteiger charge is 2.23. The fourth-order valence-corrected chi connectivity index (χ4v) is 6.17. The second-order valence-electron chi connectivity index (χ2n) is 12.5. The molecule has 5 rings (SSSR count). The average molecular weight is 647 g/mol. The molecular formula is C41H46N2O5. The monoisotopic (exact) mass is 646 g/mol. The van der Waals surface area contributed by atoms with Crippen molar-refractivity contribution in [2.45, 2.75) is 44.4 Å². The molecule has 0 spiro atoms. The molecule has 0 aliphatic heterocycles. The third-order valence-electron chi connectivity index (χ3n) is 8.66. The summed E-state index contributed by atoms with van der Waals surface area (Å²) in [5.41, 5.74) is 5.37. The number of aliphatic hydroxyl groups excluding tert-OH is 4. The van der Waals surface area contributed by atoms with E-state index in [-0.39, 0.29) is 45.0 Å². The molecule has 48 heavy (non-hydrogen) atoms. The summed E-state index contributed by atoms with van der Waals surface area (Å²) >= 11 is 0. The third kappa shape index (κ3) is 9.84. The van der Waals surface area contributed by atoms with Gasteiger partial charge in [-0.1, -0.05) is 139 Å². The zero-order valence-corrected chi connectivity index (χ0v) is 27.4. The van der Waals surface area contributed by atoms with Crippen molar-refractivity contribution in [2.75, 3.05) is 26.2 Å². The van der Waals surface area contributed by atoms with Gasteiger partial charge in [-0.25, -0.2) is 0 Å². The SMILES string of the molecule is Cc1cc(CN(C[C@@H](O)c2ccccc2)C[C@@H](O)c2ccccc2)c(O)c(CN(C[C@@H](O)c2ccccc2)C[C@@H](O)c2ccccc2)c1. The van der Waals surface area contributed by atoms with Gasteiger partial charge in [0.05, 0.1) is 24.4 Å². The number of aromatic hydroxyl groups is 1. The van der Waals surface area contributed by atoms with Crippen LogP contribution in [0.4, 0.5) is 0 Å². The van der Waals surface area contributed by atoms with Gasteiger partial charge < -0.3 is 25.5 Å². The standard InChI is InChI=1S/C41H46N2O5/c1-30-22-35(24-42(26-37(44)31-14-6-2-7-15-31)27-38(45)32-16-8-3-9-17-32)41(48)36(23-30)25-43(28-39(46)33-18-10-4-11-19-33)29-40(47)34-20-12-5-13-21-34/h2-23,37-40,44-48H,24-29H2,1H3/t37-,38-,39-,40-/m1/s1. The third-order valence-corrected chi connectivity index (χ3v) is 8.66. The Balaban J connectivity index is 1.40. The van der Waals surface area contributed by atoms with Crippen molar-refractivity contribution in [3.63, 3.8) is 0 Å². The van der Waals surface area contributed by atoms with Gasteiger partial charge in [0.2, 0.25) is 0 Å². The molecule has 0 heterocycles. The molecule has 0 radical (unpaired) electrons. The Morgan fingerprint density at radius 1 is 0.438 bits per heavy atom. The molecule has 250 valence electrons. The Kier molecular flexibility index (Phi) is 12.5. The molecule has 0 unspecified atom stereocenters. The van der Waals surface area contributed by atoms with Gasteiger partial charge >= 0.3 is 0 Å². The lowest BCUT2D eigenvalue weighted by atomic mass is 10.0. The molecular weight excluding hydrogens is 600 g/mol. The number of hydrogen-bond donors (Lipinski definition) is 5. The molecule has 4 atom stereocenters. The van der Waals surface area contributed by atoms with E-state index in [0.29, 0.717) is 11.1 Å². The Labute approximate surface area is 283 Å². The van der Waals surface area contributed by atoms with Gasteiger partial charge in [-0.3, -0.25) is 9.80 Å². The summed E-state index contributed by atoms with van der Waals surface area (Å²) in [6.45, 7) is 3.52. The van der Waals surface area contributed by atoms with Crippen molar-refractivity contribution in [3.05, 3.63) is 172 Å². The van der Waals surface area contributed by atoms with Gasteiger partial charge in [-0.15, -0.1) is 0 Å². The van der Waals surface area contributed by atoms with E-state index < -0.39 is 24.4 Å². The minimum Gasteiger partial charge on any atom is -0.507 e. The summed E-state index contributed by atoms with van der Waals surface area (Å²) in [6.07, 6.45) is -3.19. The first-order valence-electron chi connectivity index (χ1n) is 16.4. The Morgan fingerprint density at radius 2 is 0.688 bits per heavy atom.